The van der Waals surface area contributed by atoms with Crippen LogP contribution in [0.15, 0.2) is 205 Å². The molecule has 0 saturated carbocycles. The first-order valence-electron chi connectivity index (χ1n) is 20.7. The van der Waals surface area contributed by atoms with Crippen molar-refractivity contribution >= 4 is 87.0 Å². The first kappa shape index (κ1) is 33.7. The van der Waals surface area contributed by atoms with E-state index in [1.54, 1.807) is 0 Å². The summed E-state index contributed by atoms with van der Waals surface area (Å²) in [6.07, 6.45) is 0. The highest BCUT2D eigenvalue weighted by atomic mass is 16.3. The number of rotatable bonds is 4. The van der Waals surface area contributed by atoms with Crippen molar-refractivity contribution in [2.75, 3.05) is 0 Å². The summed E-state index contributed by atoms with van der Waals surface area (Å²) in [6, 6.07) is 70.6. The van der Waals surface area contributed by atoms with E-state index in [9.17, 15) is 0 Å². The van der Waals surface area contributed by atoms with Crippen molar-refractivity contribution in [2.24, 2.45) is 0 Å². The van der Waals surface area contributed by atoms with Crippen molar-refractivity contribution in [3.05, 3.63) is 200 Å². The van der Waals surface area contributed by atoms with Crippen LogP contribution < -0.4 is 0 Å². The lowest BCUT2D eigenvalue weighted by Crippen LogP contribution is -1.93. The summed E-state index contributed by atoms with van der Waals surface area (Å²) in [5, 5.41) is 12.6. The number of furan rings is 1. The SMILES string of the molecule is c1ccc(-c2ccc3ccc4ccc(-c5ccc(-c6nc7cccc(-c8cccc9c%10ccccc%10c%10ccccc%10c89)c7c7oc8ccccc8c67)cc5)nc4c3n2)cc1. The smallest absolute Gasteiger partial charge is 0.147 e. The molecular weight excluding hydrogens is 743 g/mol. The van der Waals surface area contributed by atoms with Crippen LogP contribution in [0.2, 0.25) is 0 Å². The molecular formula is C57H33N3O. The summed E-state index contributed by atoms with van der Waals surface area (Å²) in [5.41, 5.74) is 12.4. The van der Waals surface area contributed by atoms with Crippen molar-refractivity contribution in [3.63, 3.8) is 0 Å². The van der Waals surface area contributed by atoms with Gasteiger partial charge in [-0.3, -0.25) is 0 Å². The Morgan fingerprint density at radius 3 is 1.48 bits per heavy atom. The molecule has 0 radical (unpaired) electrons. The van der Waals surface area contributed by atoms with E-state index in [0.717, 1.165) is 99.5 Å². The second-order valence-electron chi connectivity index (χ2n) is 15.8. The molecule has 0 aliphatic heterocycles. The first-order valence-corrected chi connectivity index (χ1v) is 20.7. The summed E-state index contributed by atoms with van der Waals surface area (Å²) >= 11 is 0. The van der Waals surface area contributed by atoms with Crippen LogP contribution in [0.4, 0.5) is 0 Å². The molecule has 61 heavy (non-hydrogen) atoms. The van der Waals surface area contributed by atoms with E-state index in [1.807, 2.05) is 24.3 Å². The quantitative estimate of drug-likeness (QED) is 0.167. The van der Waals surface area contributed by atoms with Gasteiger partial charge in [-0.1, -0.05) is 176 Å². The van der Waals surface area contributed by atoms with Gasteiger partial charge < -0.3 is 4.42 Å². The van der Waals surface area contributed by atoms with Gasteiger partial charge in [-0.2, -0.15) is 0 Å². The lowest BCUT2D eigenvalue weighted by molar-refractivity contribution is 0.672. The average molecular weight is 776 g/mol. The predicted octanol–water partition coefficient (Wildman–Crippen LogP) is 15.4. The van der Waals surface area contributed by atoms with Crippen molar-refractivity contribution in [1.29, 1.82) is 0 Å². The number of pyridine rings is 3. The van der Waals surface area contributed by atoms with Gasteiger partial charge in [-0.25, -0.2) is 15.0 Å². The Kier molecular flexibility index (Phi) is 7.27. The number of aromatic nitrogens is 3. The van der Waals surface area contributed by atoms with E-state index in [1.165, 1.54) is 32.3 Å². The number of nitrogens with zero attached hydrogens (tertiary/aromatic N) is 3. The zero-order chi connectivity index (χ0) is 40.0. The van der Waals surface area contributed by atoms with Gasteiger partial charge in [0.1, 0.15) is 11.2 Å². The van der Waals surface area contributed by atoms with Crippen LogP contribution in [0, 0.1) is 0 Å². The molecule has 4 aromatic heterocycles. The normalized spacial score (nSPS) is 11.9. The van der Waals surface area contributed by atoms with Crippen LogP contribution >= 0.6 is 0 Å². The minimum Gasteiger partial charge on any atom is -0.455 e. The molecule has 0 unspecified atom stereocenters. The summed E-state index contributed by atoms with van der Waals surface area (Å²) < 4.78 is 6.91. The molecule has 0 amide bonds. The largest absolute Gasteiger partial charge is 0.455 e. The maximum absolute atomic E-state index is 6.91. The minimum absolute atomic E-state index is 0.838. The van der Waals surface area contributed by atoms with E-state index in [2.05, 4.69) is 176 Å². The summed E-state index contributed by atoms with van der Waals surface area (Å²) in [7, 11) is 0. The van der Waals surface area contributed by atoms with Gasteiger partial charge in [0.05, 0.1) is 44.4 Å². The standard InChI is InChI=1S/C57H33N3O/c1-2-12-34(13-3-1)47-32-30-37-28-29-38-31-33-48(59-56(38)55(37)58-47)35-24-26-36(27-25-35)54-53-46-18-8-9-23-50(46)61-57(53)52-45(21-11-22-49(52)60-54)44-20-10-19-43-41-15-5-4-14-39(41)40-16-6-7-17-42(40)51(43)44/h1-33H. The fraction of sp³-hybridized carbons (Fsp3) is 0. The number of hydrogen-bond acceptors (Lipinski definition) is 4. The third-order valence-electron chi connectivity index (χ3n) is 12.4. The zero-order valence-corrected chi connectivity index (χ0v) is 32.8. The summed E-state index contributed by atoms with van der Waals surface area (Å²) in [5.74, 6) is 0. The molecule has 0 spiro atoms. The van der Waals surface area contributed by atoms with Gasteiger partial charge in [0, 0.05) is 32.8 Å². The average Bonchev–Trinajstić information content (AvgIpc) is 3.73. The van der Waals surface area contributed by atoms with Crippen molar-refractivity contribution in [2.45, 2.75) is 0 Å². The Hall–Kier alpha value is -8.21. The van der Waals surface area contributed by atoms with Crippen LogP contribution in [-0.2, 0) is 0 Å². The maximum atomic E-state index is 6.91. The van der Waals surface area contributed by atoms with E-state index in [-0.39, 0.29) is 0 Å². The first-order chi connectivity index (χ1) is 30.2. The second kappa shape index (κ2) is 13.2. The highest BCUT2D eigenvalue weighted by molar-refractivity contribution is 6.30. The zero-order valence-electron chi connectivity index (χ0n) is 32.8. The van der Waals surface area contributed by atoms with E-state index in [0.29, 0.717) is 0 Å². The van der Waals surface area contributed by atoms with Gasteiger partial charge in [-0.15, -0.1) is 0 Å². The molecule has 13 aromatic rings. The minimum atomic E-state index is 0.838. The second-order valence-corrected chi connectivity index (χ2v) is 15.8. The molecule has 0 bridgehead atoms. The molecule has 0 fully saturated rings. The monoisotopic (exact) mass is 775 g/mol. The highest BCUT2D eigenvalue weighted by Crippen LogP contribution is 2.46. The van der Waals surface area contributed by atoms with Crippen LogP contribution in [0.25, 0.3) is 132 Å². The topological polar surface area (TPSA) is 51.8 Å². The fourth-order valence-corrected chi connectivity index (χ4v) is 9.62. The van der Waals surface area contributed by atoms with Crippen LogP contribution in [0.3, 0.4) is 0 Å². The molecule has 4 heterocycles. The van der Waals surface area contributed by atoms with Gasteiger partial charge in [-0.05, 0) is 67.7 Å². The van der Waals surface area contributed by atoms with Crippen molar-refractivity contribution < 1.29 is 4.42 Å². The lowest BCUT2D eigenvalue weighted by atomic mass is 9.88. The molecule has 4 heteroatoms. The molecule has 0 aliphatic rings. The van der Waals surface area contributed by atoms with Gasteiger partial charge >= 0.3 is 0 Å². The molecule has 0 atom stereocenters. The number of hydrogen-bond donors (Lipinski definition) is 0. The molecule has 9 aromatic carbocycles. The number of benzene rings is 9. The van der Waals surface area contributed by atoms with Crippen LogP contribution in [-0.4, -0.2) is 15.0 Å². The predicted molar refractivity (Wildman–Crippen MR) is 254 cm³/mol. The lowest BCUT2D eigenvalue weighted by Gasteiger charge is -2.16. The van der Waals surface area contributed by atoms with Crippen molar-refractivity contribution in [3.8, 4) is 44.9 Å². The molecule has 0 saturated heterocycles. The third-order valence-corrected chi connectivity index (χ3v) is 12.4. The molecule has 13 rings (SSSR count). The maximum Gasteiger partial charge on any atom is 0.147 e. The van der Waals surface area contributed by atoms with Gasteiger partial charge in [0.15, 0.2) is 0 Å². The number of fused-ring (bicyclic) bond motifs is 14. The number of para-hydroxylation sites is 1. The molecule has 282 valence electrons. The van der Waals surface area contributed by atoms with Crippen LogP contribution in [0.5, 0.6) is 0 Å². The Labute approximate surface area is 350 Å². The fourth-order valence-electron chi connectivity index (χ4n) is 9.62. The van der Waals surface area contributed by atoms with E-state index < -0.39 is 0 Å². The van der Waals surface area contributed by atoms with E-state index >= 15 is 0 Å². The van der Waals surface area contributed by atoms with E-state index in [4.69, 9.17) is 19.4 Å². The van der Waals surface area contributed by atoms with Gasteiger partial charge in [0.2, 0.25) is 0 Å². The Morgan fingerprint density at radius 2 is 0.803 bits per heavy atom. The Morgan fingerprint density at radius 1 is 0.311 bits per heavy atom. The van der Waals surface area contributed by atoms with Crippen molar-refractivity contribution in [1.82, 2.24) is 15.0 Å². The molecule has 4 nitrogen and oxygen atoms in total. The summed E-state index contributed by atoms with van der Waals surface area (Å²) in [4.78, 5) is 15.9. The summed E-state index contributed by atoms with van der Waals surface area (Å²) in [6.45, 7) is 0. The highest BCUT2D eigenvalue weighted by Gasteiger charge is 2.22. The molecule has 0 N–H and O–H groups in total. The van der Waals surface area contributed by atoms with Crippen LogP contribution in [0.1, 0.15) is 0 Å². The Bertz CT molecular complexity index is 3880. The van der Waals surface area contributed by atoms with Gasteiger partial charge in [0.25, 0.3) is 0 Å². The molecule has 0 aliphatic carbocycles. The Balaban J connectivity index is 0.990. The third kappa shape index (κ3) is 5.16.